The Morgan fingerprint density at radius 2 is 1.89 bits per heavy atom. The van der Waals surface area contributed by atoms with E-state index in [0.717, 1.165) is 18.9 Å². The fraction of sp³-hybridized carbons (Fsp3) is 0.647. The molecule has 0 saturated heterocycles. The van der Waals surface area contributed by atoms with Gasteiger partial charge in [-0.05, 0) is 44.1 Å². The fourth-order valence-corrected chi connectivity index (χ4v) is 2.80. The van der Waals surface area contributed by atoms with Gasteiger partial charge in [0.25, 0.3) is 0 Å². The van der Waals surface area contributed by atoms with E-state index in [1.54, 1.807) is 0 Å². The number of ether oxygens (including phenoxy) is 1. The number of hydrogen-bond acceptors (Lipinski definition) is 2. The molecule has 0 radical (unpaired) electrons. The smallest absolute Gasteiger partial charge is 0.123 e. The van der Waals surface area contributed by atoms with Gasteiger partial charge in [0.05, 0.1) is 6.61 Å². The summed E-state index contributed by atoms with van der Waals surface area (Å²) in [5, 5.41) is 3.69. The molecular formula is C17H27NO. The predicted octanol–water partition coefficient (Wildman–Crippen LogP) is 4.14. The summed E-state index contributed by atoms with van der Waals surface area (Å²) in [5.74, 6) is 1.02. The number of rotatable bonds is 5. The molecule has 2 rings (SSSR count). The van der Waals surface area contributed by atoms with Crippen molar-refractivity contribution < 1.29 is 4.74 Å². The van der Waals surface area contributed by atoms with Crippen LogP contribution in [0, 0.1) is 5.41 Å². The molecule has 19 heavy (non-hydrogen) atoms. The van der Waals surface area contributed by atoms with Crippen molar-refractivity contribution in [3.05, 3.63) is 29.8 Å². The lowest BCUT2D eigenvalue weighted by Crippen LogP contribution is -2.35. The molecule has 0 unspecified atom stereocenters. The maximum Gasteiger partial charge on any atom is 0.123 e. The van der Waals surface area contributed by atoms with E-state index >= 15 is 0 Å². The van der Waals surface area contributed by atoms with Gasteiger partial charge >= 0.3 is 0 Å². The second-order valence-corrected chi connectivity index (χ2v) is 6.36. The van der Waals surface area contributed by atoms with Crippen molar-refractivity contribution in [3.8, 4) is 5.75 Å². The Balaban J connectivity index is 1.86. The molecule has 1 N–H and O–H groups in total. The van der Waals surface area contributed by atoms with Crippen LogP contribution in [0.1, 0.15) is 52.0 Å². The summed E-state index contributed by atoms with van der Waals surface area (Å²) in [7, 11) is 0. The molecule has 1 fully saturated rings. The molecule has 0 atom stereocenters. The number of nitrogens with one attached hydrogen (secondary N) is 1. The second-order valence-electron chi connectivity index (χ2n) is 6.36. The monoisotopic (exact) mass is 261 g/mol. The Morgan fingerprint density at radius 1 is 1.21 bits per heavy atom. The molecule has 0 heterocycles. The first-order valence-corrected chi connectivity index (χ1v) is 7.55. The molecular weight excluding hydrogens is 234 g/mol. The van der Waals surface area contributed by atoms with Crippen molar-refractivity contribution in [3.63, 3.8) is 0 Å². The molecule has 1 aromatic rings. The van der Waals surface area contributed by atoms with Crippen molar-refractivity contribution in [2.24, 2.45) is 5.41 Å². The van der Waals surface area contributed by atoms with E-state index in [0.29, 0.717) is 11.5 Å². The summed E-state index contributed by atoms with van der Waals surface area (Å²) >= 11 is 0. The van der Waals surface area contributed by atoms with Gasteiger partial charge in [0.2, 0.25) is 0 Å². The lowest BCUT2D eigenvalue weighted by Gasteiger charge is -2.34. The van der Waals surface area contributed by atoms with Crippen LogP contribution in [0.3, 0.4) is 0 Å². The third-order valence-electron chi connectivity index (χ3n) is 4.19. The van der Waals surface area contributed by atoms with E-state index < -0.39 is 0 Å². The normalized spacial score (nSPS) is 19.3. The van der Waals surface area contributed by atoms with Crippen LogP contribution in [-0.4, -0.2) is 12.6 Å². The van der Waals surface area contributed by atoms with E-state index in [-0.39, 0.29) is 0 Å². The summed E-state index contributed by atoms with van der Waals surface area (Å²) in [6, 6.07) is 9.01. The van der Waals surface area contributed by atoms with E-state index in [1.807, 2.05) is 13.0 Å². The molecule has 1 aromatic carbocycles. The average Bonchev–Trinajstić information content (AvgIpc) is 2.39. The highest BCUT2D eigenvalue weighted by Crippen LogP contribution is 2.35. The fourth-order valence-electron chi connectivity index (χ4n) is 2.80. The SMILES string of the molecule is CCOc1ccccc1CNC1CCC(C)(C)CC1. The largest absolute Gasteiger partial charge is 0.494 e. The second kappa shape index (κ2) is 6.42. The van der Waals surface area contributed by atoms with Gasteiger partial charge in [-0.15, -0.1) is 0 Å². The van der Waals surface area contributed by atoms with Gasteiger partial charge in [0, 0.05) is 18.2 Å². The summed E-state index contributed by atoms with van der Waals surface area (Å²) in [5.41, 5.74) is 1.82. The highest BCUT2D eigenvalue weighted by Gasteiger charge is 2.26. The van der Waals surface area contributed by atoms with E-state index in [4.69, 9.17) is 4.74 Å². The van der Waals surface area contributed by atoms with Gasteiger partial charge in [0.15, 0.2) is 0 Å². The van der Waals surface area contributed by atoms with Crippen LogP contribution < -0.4 is 10.1 Å². The summed E-state index contributed by atoms with van der Waals surface area (Å²) < 4.78 is 5.67. The molecule has 0 spiro atoms. The summed E-state index contributed by atoms with van der Waals surface area (Å²) in [6.07, 6.45) is 5.25. The van der Waals surface area contributed by atoms with Crippen LogP contribution in [0.4, 0.5) is 0 Å². The van der Waals surface area contributed by atoms with Crippen LogP contribution in [0.25, 0.3) is 0 Å². The van der Waals surface area contributed by atoms with Gasteiger partial charge < -0.3 is 10.1 Å². The van der Waals surface area contributed by atoms with Crippen molar-refractivity contribution in [2.75, 3.05) is 6.61 Å². The van der Waals surface area contributed by atoms with Crippen molar-refractivity contribution in [2.45, 2.75) is 59.0 Å². The maximum atomic E-state index is 5.67. The molecule has 0 aromatic heterocycles. The molecule has 106 valence electrons. The van der Waals surface area contributed by atoms with Crippen molar-refractivity contribution >= 4 is 0 Å². The molecule has 0 amide bonds. The maximum absolute atomic E-state index is 5.67. The van der Waals surface area contributed by atoms with Gasteiger partial charge in [-0.25, -0.2) is 0 Å². The predicted molar refractivity (Wildman–Crippen MR) is 80.5 cm³/mol. The van der Waals surface area contributed by atoms with Crippen LogP contribution in [0.2, 0.25) is 0 Å². The van der Waals surface area contributed by atoms with E-state index in [9.17, 15) is 0 Å². The van der Waals surface area contributed by atoms with E-state index in [1.165, 1.54) is 31.2 Å². The first-order chi connectivity index (χ1) is 9.11. The first-order valence-electron chi connectivity index (χ1n) is 7.55. The molecule has 1 saturated carbocycles. The van der Waals surface area contributed by atoms with Crippen LogP contribution in [0.5, 0.6) is 5.75 Å². The Bertz CT molecular complexity index is 390. The minimum Gasteiger partial charge on any atom is -0.494 e. The van der Waals surface area contributed by atoms with Crippen LogP contribution in [0.15, 0.2) is 24.3 Å². The van der Waals surface area contributed by atoms with Gasteiger partial charge in [0.1, 0.15) is 5.75 Å². The third-order valence-corrected chi connectivity index (χ3v) is 4.19. The van der Waals surface area contributed by atoms with Gasteiger partial charge in [-0.2, -0.15) is 0 Å². The zero-order valence-electron chi connectivity index (χ0n) is 12.5. The number of para-hydroxylation sites is 1. The molecule has 1 aliphatic rings. The average molecular weight is 261 g/mol. The number of hydrogen-bond donors (Lipinski definition) is 1. The van der Waals surface area contributed by atoms with Crippen molar-refractivity contribution in [1.82, 2.24) is 5.32 Å². The highest BCUT2D eigenvalue weighted by molar-refractivity contribution is 5.33. The Labute approximate surface area is 117 Å². The Kier molecular flexibility index (Phi) is 4.87. The summed E-state index contributed by atoms with van der Waals surface area (Å²) in [4.78, 5) is 0. The Morgan fingerprint density at radius 3 is 2.58 bits per heavy atom. The zero-order valence-corrected chi connectivity index (χ0v) is 12.5. The van der Waals surface area contributed by atoms with E-state index in [2.05, 4.69) is 37.4 Å². The quantitative estimate of drug-likeness (QED) is 0.860. The standard InChI is InChI=1S/C17H27NO/c1-4-19-16-8-6-5-7-14(16)13-18-15-9-11-17(2,3)12-10-15/h5-8,15,18H,4,9-13H2,1-3H3. The van der Waals surface area contributed by atoms with Crippen LogP contribution >= 0.6 is 0 Å². The molecule has 1 aliphatic carbocycles. The lowest BCUT2D eigenvalue weighted by atomic mass is 9.75. The number of benzene rings is 1. The minimum atomic E-state index is 0.543. The molecule has 0 aliphatic heterocycles. The summed E-state index contributed by atoms with van der Waals surface area (Å²) in [6.45, 7) is 8.45. The van der Waals surface area contributed by atoms with Crippen LogP contribution in [-0.2, 0) is 6.54 Å². The Hall–Kier alpha value is -1.02. The molecule has 0 bridgehead atoms. The topological polar surface area (TPSA) is 21.3 Å². The lowest BCUT2D eigenvalue weighted by molar-refractivity contribution is 0.205. The first kappa shape index (κ1) is 14.4. The zero-order chi connectivity index (χ0) is 13.7. The highest BCUT2D eigenvalue weighted by atomic mass is 16.5. The van der Waals surface area contributed by atoms with Crippen molar-refractivity contribution in [1.29, 1.82) is 0 Å². The van der Waals surface area contributed by atoms with Gasteiger partial charge in [-0.1, -0.05) is 32.0 Å². The van der Waals surface area contributed by atoms with Gasteiger partial charge in [-0.3, -0.25) is 0 Å². The molecule has 2 nitrogen and oxygen atoms in total. The molecule has 2 heteroatoms. The third kappa shape index (κ3) is 4.24. The minimum absolute atomic E-state index is 0.543.